The minimum absolute atomic E-state index is 0.169. The first-order valence-electron chi connectivity index (χ1n) is 8.88. The average Bonchev–Trinajstić information content (AvgIpc) is 3.50. The lowest BCUT2D eigenvalue weighted by atomic mass is 10.1. The molecule has 1 fully saturated rings. The van der Waals surface area contributed by atoms with Crippen LogP contribution in [0, 0.1) is 5.92 Å². The van der Waals surface area contributed by atoms with Crippen molar-refractivity contribution in [3.63, 3.8) is 0 Å². The predicted molar refractivity (Wildman–Crippen MR) is 97.1 cm³/mol. The van der Waals surface area contributed by atoms with Gasteiger partial charge in [0.05, 0.1) is 0 Å². The van der Waals surface area contributed by atoms with Gasteiger partial charge in [-0.1, -0.05) is 73.5 Å². The molecule has 0 aromatic heterocycles. The van der Waals surface area contributed by atoms with Crippen LogP contribution >= 0.6 is 0 Å². The van der Waals surface area contributed by atoms with Crippen molar-refractivity contribution in [1.82, 2.24) is 5.32 Å². The van der Waals surface area contributed by atoms with Crippen molar-refractivity contribution in [3.05, 3.63) is 71.8 Å². The Hall–Kier alpha value is -2.82. The highest BCUT2D eigenvalue weighted by molar-refractivity contribution is 5.81. The molecule has 136 valence electrons. The highest BCUT2D eigenvalue weighted by Gasteiger charge is 2.31. The third kappa shape index (κ3) is 5.92. The molecule has 1 N–H and O–H groups in total. The number of rotatable bonds is 8. The van der Waals surface area contributed by atoms with E-state index in [4.69, 9.17) is 9.47 Å². The highest BCUT2D eigenvalue weighted by atomic mass is 16.6. The fourth-order valence-corrected chi connectivity index (χ4v) is 2.64. The van der Waals surface area contributed by atoms with E-state index in [9.17, 15) is 9.59 Å². The molecule has 26 heavy (non-hydrogen) atoms. The van der Waals surface area contributed by atoms with E-state index >= 15 is 0 Å². The standard InChI is InChI=1S/C21H23NO4/c23-20(25-14-17-7-3-1-4-8-17)19(13-16-11-12-16)22-21(24)26-15-18-9-5-2-6-10-18/h1-10,16,19H,11-15H2,(H,22,24)/t19-/m1/s1. The molecule has 0 heterocycles. The maximum absolute atomic E-state index is 12.4. The third-order valence-corrected chi connectivity index (χ3v) is 4.28. The van der Waals surface area contributed by atoms with Gasteiger partial charge in [-0.05, 0) is 23.5 Å². The van der Waals surface area contributed by atoms with Gasteiger partial charge >= 0.3 is 12.1 Å². The van der Waals surface area contributed by atoms with Crippen LogP contribution in [0.2, 0.25) is 0 Å². The van der Waals surface area contributed by atoms with Gasteiger partial charge in [0.1, 0.15) is 19.3 Å². The van der Waals surface area contributed by atoms with Crippen molar-refractivity contribution in [2.24, 2.45) is 5.92 Å². The van der Waals surface area contributed by atoms with Crippen LogP contribution in [0.5, 0.6) is 0 Å². The minimum Gasteiger partial charge on any atom is -0.459 e. The fraction of sp³-hybridized carbons (Fsp3) is 0.333. The van der Waals surface area contributed by atoms with Crippen LogP contribution in [-0.2, 0) is 27.5 Å². The Morgan fingerprint density at radius 3 is 1.96 bits per heavy atom. The van der Waals surface area contributed by atoms with Gasteiger partial charge in [0.25, 0.3) is 0 Å². The molecular formula is C21H23NO4. The zero-order chi connectivity index (χ0) is 18.2. The number of alkyl carbamates (subject to hydrolysis) is 1. The zero-order valence-corrected chi connectivity index (χ0v) is 14.6. The van der Waals surface area contributed by atoms with Gasteiger partial charge in [-0.15, -0.1) is 0 Å². The number of esters is 1. The summed E-state index contributed by atoms with van der Waals surface area (Å²) in [5.74, 6) is 0.0520. The molecule has 5 nitrogen and oxygen atoms in total. The molecule has 0 spiro atoms. The molecule has 2 aromatic rings. The van der Waals surface area contributed by atoms with E-state index in [2.05, 4.69) is 5.32 Å². The molecule has 1 atom stereocenters. The summed E-state index contributed by atoms with van der Waals surface area (Å²) in [6, 6.07) is 18.2. The molecule has 5 heteroatoms. The lowest BCUT2D eigenvalue weighted by Gasteiger charge is -2.17. The van der Waals surface area contributed by atoms with E-state index < -0.39 is 18.1 Å². The number of hydrogen-bond donors (Lipinski definition) is 1. The summed E-state index contributed by atoms with van der Waals surface area (Å²) in [6.07, 6.45) is 2.16. The Balaban J connectivity index is 1.49. The smallest absolute Gasteiger partial charge is 0.408 e. The largest absolute Gasteiger partial charge is 0.459 e. The Morgan fingerprint density at radius 2 is 1.42 bits per heavy atom. The van der Waals surface area contributed by atoms with Crippen LogP contribution < -0.4 is 5.32 Å². The summed E-state index contributed by atoms with van der Waals surface area (Å²) in [4.78, 5) is 24.5. The molecule has 1 aliphatic rings. The Labute approximate surface area is 153 Å². The van der Waals surface area contributed by atoms with E-state index in [1.165, 1.54) is 0 Å². The third-order valence-electron chi connectivity index (χ3n) is 4.28. The molecule has 0 saturated heterocycles. The first-order chi connectivity index (χ1) is 12.7. The molecule has 0 radical (unpaired) electrons. The van der Waals surface area contributed by atoms with Crippen molar-refractivity contribution >= 4 is 12.1 Å². The van der Waals surface area contributed by atoms with Crippen molar-refractivity contribution in [2.45, 2.75) is 38.5 Å². The number of carbonyl (C=O) groups excluding carboxylic acids is 2. The van der Waals surface area contributed by atoms with E-state index in [0.717, 1.165) is 24.0 Å². The molecule has 1 saturated carbocycles. The van der Waals surface area contributed by atoms with Gasteiger partial charge < -0.3 is 14.8 Å². The van der Waals surface area contributed by atoms with Crippen molar-refractivity contribution in [3.8, 4) is 0 Å². The summed E-state index contributed by atoms with van der Waals surface area (Å²) in [6.45, 7) is 0.365. The predicted octanol–water partition coefficient (Wildman–Crippen LogP) is 3.82. The summed E-state index contributed by atoms with van der Waals surface area (Å²) < 4.78 is 10.6. The van der Waals surface area contributed by atoms with Crippen LogP contribution in [0.1, 0.15) is 30.4 Å². The zero-order valence-electron chi connectivity index (χ0n) is 14.6. The molecule has 0 unspecified atom stereocenters. The van der Waals surface area contributed by atoms with E-state index in [0.29, 0.717) is 12.3 Å². The molecule has 0 aliphatic heterocycles. The molecule has 1 amide bonds. The second kappa shape index (κ2) is 9.04. The van der Waals surface area contributed by atoms with Crippen LogP contribution in [0.15, 0.2) is 60.7 Å². The van der Waals surface area contributed by atoms with Crippen LogP contribution in [-0.4, -0.2) is 18.1 Å². The van der Waals surface area contributed by atoms with Gasteiger partial charge in [-0.3, -0.25) is 0 Å². The molecular weight excluding hydrogens is 330 g/mol. The van der Waals surface area contributed by atoms with Crippen molar-refractivity contribution in [2.75, 3.05) is 0 Å². The second-order valence-electron chi connectivity index (χ2n) is 6.53. The van der Waals surface area contributed by atoms with E-state index in [1.807, 2.05) is 60.7 Å². The summed E-state index contributed by atoms with van der Waals surface area (Å²) >= 11 is 0. The van der Waals surface area contributed by atoms with Gasteiger partial charge in [0, 0.05) is 0 Å². The van der Waals surface area contributed by atoms with Crippen LogP contribution in [0.3, 0.4) is 0 Å². The van der Waals surface area contributed by atoms with Crippen LogP contribution in [0.25, 0.3) is 0 Å². The number of amides is 1. The number of nitrogens with one attached hydrogen (secondary N) is 1. The Bertz CT molecular complexity index is 713. The van der Waals surface area contributed by atoms with Crippen LogP contribution in [0.4, 0.5) is 4.79 Å². The number of carbonyl (C=O) groups is 2. The normalized spacial score (nSPS) is 14.3. The Morgan fingerprint density at radius 1 is 0.885 bits per heavy atom. The van der Waals surface area contributed by atoms with Gasteiger partial charge in [0.15, 0.2) is 0 Å². The van der Waals surface area contributed by atoms with E-state index in [-0.39, 0.29) is 13.2 Å². The lowest BCUT2D eigenvalue weighted by molar-refractivity contribution is -0.147. The quantitative estimate of drug-likeness (QED) is 0.733. The first kappa shape index (κ1) is 18.0. The fourth-order valence-electron chi connectivity index (χ4n) is 2.64. The summed E-state index contributed by atoms with van der Waals surface area (Å²) in [7, 11) is 0. The summed E-state index contributed by atoms with van der Waals surface area (Å²) in [5, 5.41) is 2.66. The molecule has 1 aliphatic carbocycles. The number of ether oxygens (including phenoxy) is 2. The highest BCUT2D eigenvalue weighted by Crippen LogP contribution is 2.33. The lowest BCUT2D eigenvalue weighted by Crippen LogP contribution is -2.42. The summed E-state index contributed by atoms with van der Waals surface area (Å²) in [5.41, 5.74) is 1.81. The Kier molecular flexibility index (Phi) is 6.25. The van der Waals surface area contributed by atoms with Gasteiger partial charge in [-0.25, -0.2) is 9.59 Å². The first-order valence-corrected chi connectivity index (χ1v) is 8.88. The number of benzene rings is 2. The monoisotopic (exact) mass is 353 g/mol. The second-order valence-corrected chi connectivity index (χ2v) is 6.53. The SMILES string of the molecule is O=C(N[C@H](CC1CC1)C(=O)OCc1ccccc1)OCc1ccccc1. The maximum atomic E-state index is 12.4. The van der Waals surface area contributed by atoms with Crippen molar-refractivity contribution in [1.29, 1.82) is 0 Å². The minimum atomic E-state index is -0.672. The van der Waals surface area contributed by atoms with Gasteiger partial charge in [-0.2, -0.15) is 0 Å². The number of hydrogen-bond acceptors (Lipinski definition) is 4. The molecule has 3 rings (SSSR count). The molecule has 0 bridgehead atoms. The molecule has 2 aromatic carbocycles. The van der Waals surface area contributed by atoms with Crippen molar-refractivity contribution < 1.29 is 19.1 Å². The van der Waals surface area contributed by atoms with Gasteiger partial charge in [0.2, 0.25) is 0 Å². The van der Waals surface area contributed by atoms with E-state index in [1.54, 1.807) is 0 Å². The topological polar surface area (TPSA) is 64.6 Å². The maximum Gasteiger partial charge on any atom is 0.408 e. The average molecular weight is 353 g/mol.